The van der Waals surface area contributed by atoms with Gasteiger partial charge in [-0.3, -0.25) is 4.98 Å². The third-order valence-electron chi connectivity index (χ3n) is 6.94. The summed E-state index contributed by atoms with van der Waals surface area (Å²) in [5.74, 6) is 2.64. The predicted molar refractivity (Wildman–Crippen MR) is 156 cm³/mol. The fourth-order valence-electron chi connectivity index (χ4n) is 4.75. The summed E-state index contributed by atoms with van der Waals surface area (Å²) in [4.78, 5) is 27.1. The Hall–Kier alpha value is -4.21. The largest absolute Gasteiger partial charge is 0.540 e. The quantitative estimate of drug-likeness (QED) is 0.165. The molecule has 0 saturated heterocycles. The van der Waals surface area contributed by atoms with Crippen LogP contribution in [0.2, 0.25) is 0 Å². The number of halogens is 1. The molecule has 3 unspecified atom stereocenters. The van der Waals surface area contributed by atoms with Gasteiger partial charge in [-0.1, -0.05) is 92.6 Å². The lowest BCUT2D eigenvalue weighted by molar-refractivity contribution is -0.141. The second kappa shape index (κ2) is 12.5. The minimum Gasteiger partial charge on any atom is -0.477 e. The van der Waals surface area contributed by atoms with E-state index in [1.165, 1.54) is 12.1 Å². The van der Waals surface area contributed by atoms with Crippen molar-refractivity contribution in [3.63, 3.8) is 0 Å². The van der Waals surface area contributed by atoms with Crippen molar-refractivity contribution in [3.8, 4) is 23.0 Å². The number of aliphatic hydroxyl groups is 1. The molecule has 1 heterocycles. The highest BCUT2D eigenvalue weighted by molar-refractivity contribution is 7.42. The van der Waals surface area contributed by atoms with Crippen molar-refractivity contribution in [2.75, 3.05) is 0 Å². The highest BCUT2D eigenvalue weighted by Crippen LogP contribution is 2.40. The summed E-state index contributed by atoms with van der Waals surface area (Å²) in [5, 5.41) is 17.5. The number of aliphatic hydroxyl groups excluding tert-OH is 1. The summed E-state index contributed by atoms with van der Waals surface area (Å²) in [7, 11) is -3.44. The lowest BCUT2D eigenvalue weighted by Gasteiger charge is -2.22. The number of carbonyl (C=O) groups is 1. The summed E-state index contributed by atoms with van der Waals surface area (Å²) in [6, 6.07) is 27.4. The van der Waals surface area contributed by atoms with Gasteiger partial charge >= 0.3 is 19.2 Å². The SMILES string of the molecule is CC(C)c1nc(C(c2ccccc2)c2ccccc2)cc(-c2ccc(F)cc2)c1C#CC(C(=O)O)(C(C)O)[P+](=O)O. The normalized spacial score (nSPS) is 13.7. The summed E-state index contributed by atoms with van der Waals surface area (Å²) < 4.78 is 26.2. The Morgan fingerprint density at radius 3 is 1.90 bits per heavy atom. The highest BCUT2D eigenvalue weighted by Gasteiger charge is 2.60. The Morgan fingerprint density at radius 1 is 0.927 bits per heavy atom. The van der Waals surface area contributed by atoms with Crippen molar-refractivity contribution in [2.45, 2.75) is 43.9 Å². The molecule has 8 heteroatoms. The van der Waals surface area contributed by atoms with Crippen LogP contribution in [0.15, 0.2) is 91.0 Å². The number of hydrogen-bond acceptors (Lipinski definition) is 4. The zero-order chi connectivity index (χ0) is 29.7. The van der Waals surface area contributed by atoms with E-state index in [0.29, 0.717) is 28.1 Å². The standard InChI is InChI=1S/C33H29FNO5P/c1-21(2)31-27(18-19-33(22(3)36,32(37)38)41(39)40)28(23-14-16-26(34)17-15-23)20-29(35-31)30(24-10-6-4-7-11-24)25-12-8-5-9-13-25/h4-17,20-22,30,36H,1-3H3,(H-,37,38,39,40)/p+1. The Kier molecular flexibility index (Phi) is 9.10. The molecule has 4 aromatic rings. The van der Waals surface area contributed by atoms with E-state index in [9.17, 15) is 28.9 Å². The van der Waals surface area contributed by atoms with E-state index in [0.717, 1.165) is 18.1 Å². The van der Waals surface area contributed by atoms with Crippen molar-refractivity contribution in [2.24, 2.45) is 0 Å². The minimum absolute atomic E-state index is 0.195. The Morgan fingerprint density at radius 2 is 1.46 bits per heavy atom. The Bertz CT molecular complexity index is 1560. The second-order valence-electron chi connectivity index (χ2n) is 10.0. The zero-order valence-electron chi connectivity index (χ0n) is 22.8. The van der Waals surface area contributed by atoms with Crippen LogP contribution in [-0.2, 0) is 9.36 Å². The molecule has 1 aromatic heterocycles. The minimum atomic E-state index is -3.44. The summed E-state index contributed by atoms with van der Waals surface area (Å²) in [6.07, 6.45) is -1.74. The van der Waals surface area contributed by atoms with Gasteiger partial charge in [0, 0.05) is 5.56 Å². The number of nitrogens with zero attached hydrogens (tertiary/aromatic N) is 1. The Balaban J connectivity index is 2.08. The number of aromatic nitrogens is 1. The smallest absolute Gasteiger partial charge is 0.477 e. The van der Waals surface area contributed by atoms with Gasteiger partial charge in [-0.25, -0.2) is 9.18 Å². The van der Waals surface area contributed by atoms with Crippen molar-refractivity contribution in [1.29, 1.82) is 0 Å². The third kappa shape index (κ3) is 6.11. The molecular formula is C33H30FNO5P+. The van der Waals surface area contributed by atoms with Crippen molar-refractivity contribution in [3.05, 3.63) is 125 Å². The van der Waals surface area contributed by atoms with Crippen LogP contribution in [0.25, 0.3) is 11.1 Å². The van der Waals surface area contributed by atoms with Crippen LogP contribution >= 0.6 is 8.03 Å². The maximum absolute atomic E-state index is 13.9. The first-order valence-corrected chi connectivity index (χ1v) is 14.3. The average molecular weight is 571 g/mol. The van der Waals surface area contributed by atoms with Crippen molar-refractivity contribution in [1.82, 2.24) is 4.98 Å². The molecule has 0 aliphatic carbocycles. The number of hydrogen-bond donors (Lipinski definition) is 3. The number of benzene rings is 3. The molecule has 0 aliphatic heterocycles. The van der Waals surface area contributed by atoms with Gasteiger partial charge in [0.25, 0.3) is 0 Å². The average Bonchev–Trinajstić information content (AvgIpc) is 2.94. The first-order chi connectivity index (χ1) is 19.6. The molecule has 3 N–H and O–H groups in total. The van der Waals surface area contributed by atoms with Gasteiger partial charge in [-0.15, -0.1) is 0 Å². The molecule has 0 radical (unpaired) electrons. The Labute approximate surface area is 239 Å². The fraction of sp³-hybridized carbons (Fsp3) is 0.212. The van der Waals surface area contributed by atoms with Crippen LogP contribution < -0.4 is 0 Å². The van der Waals surface area contributed by atoms with Crippen LogP contribution in [-0.4, -0.2) is 37.3 Å². The van der Waals surface area contributed by atoms with Crippen molar-refractivity contribution < 1.29 is 28.9 Å². The number of carboxylic acids is 1. The van der Waals surface area contributed by atoms with Gasteiger partial charge in [-0.2, -0.15) is 4.89 Å². The van der Waals surface area contributed by atoms with Gasteiger partial charge in [0.2, 0.25) is 0 Å². The topological polar surface area (TPSA) is 108 Å². The van der Waals surface area contributed by atoms with Crippen LogP contribution in [0.5, 0.6) is 0 Å². The van der Waals surface area contributed by atoms with Gasteiger partial charge in [-0.05, 0) is 58.2 Å². The summed E-state index contributed by atoms with van der Waals surface area (Å²) in [6.45, 7) is 4.94. The molecule has 0 spiro atoms. The van der Waals surface area contributed by atoms with Crippen molar-refractivity contribution >= 4 is 14.0 Å². The molecule has 4 rings (SSSR count). The monoisotopic (exact) mass is 570 g/mol. The maximum atomic E-state index is 13.9. The number of rotatable bonds is 8. The molecule has 0 aliphatic rings. The van der Waals surface area contributed by atoms with Crippen LogP contribution in [0.1, 0.15) is 60.7 Å². The first kappa shape index (κ1) is 29.8. The number of aliphatic carboxylic acids is 1. The molecule has 0 saturated carbocycles. The van der Waals surface area contributed by atoms with E-state index < -0.39 is 31.1 Å². The molecular weight excluding hydrogens is 540 g/mol. The van der Waals surface area contributed by atoms with Gasteiger partial charge in [0.05, 0.1) is 22.9 Å². The van der Waals surface area contributed by atoms with Gasteiger partial charge in [0.1, 0.15) is 11.9 Å². The fourth-order valence-corrected chi connectivity index (χ4v) is 5.38. The number of carboxylic acid groups (broad SMARTS) is 1. The third-order valence-corrected chi connectivity index (χ3v) is 8.22. The molecule has 0 amide bonds. The van der Waals surface area contributed by atoms with E-state index in [1.807, 2.05) is 80.6 Å². The van der Waals surface area contributed by atoms with Crippen LogP contribution in [0.4, 0.5) is 4.39 Å². The molecule has 0 fully saturated rings. The molecule has 3 aromatic carbocycles. The molecule has 0 bridgehead atoms. The maximum Gasteiger partial charge on any atom is 0.540 e. The summed E-state index contributed by atoms with van der Waals surface area (Å²) in [5.41, 5.74) is 4.72. The van der Waals surface area contributed by atoms with Crippen LogP contribution in [0, 0.1) is 17.7 Å². The second-order valence-corrected chi connectivity index (χ2v) is 11.3. The predicted octanol–water partition coefficient (Wildman–Crippen LogP) is 6.48. The zero-order valence-corrected chi connectivity index (χ0v) is 23.7. The highest BCUT2D eigenvalue weighted by atomic mass is 31.1. The molecule has 6 nitrogen and oxygen atoms in total. The number of pyridine rings is 1. The van der Waals surface area contributed by atoms with Crippen LogP contribution in [0.3, 0.4) is 0 Å². The van der Waals surface area contributed by atoms with Gasteiger partial charge < -0.3 is 10.2 Å². The molecule has 3 atom stereocenters. The lowest BCUT2D eigenvalue weighted by atomic mass is 9.85. The van der Waals surface area contributed by atoms with E-state index in [4.69, 9.17) is 4.98 Å². The van der Waals surface area contributed by atoms with E-state index in [-0.39, 0.29) is 11.8 Å². The molecule has 208 valence electrons. The van der Waals surface area contributed by atoms with E-state index in [2.05, 4.69) is 11.8 Å². The van der Waals surface area contributed by atoms with E-state index in [1.54, 1.807) is 12.1 Å². The summed E-state index contributed by atoms with van der Waals surface area (Å²) >= 11 is 0. The molecule has 41 heavy (non-hydrogen) atoms. The van der Waals surface area contributed by atoms with Gasteiger partial charge in [0.15, 0.2) is 0 Å². The first-order valence-electron chi connectivity index (χ1n) is 13.1. The lowest BCUT2D eigenvalue weighted by Crippen LogP contribution is -2.43. The van der Waals surface area contributed by atoms with E-state index >= 15 is 0 Å².